The maximum Gasteiger partial charge on any atom is 0.252 e. The van der Waals surface area contributed by atoms with Gasteiger partial charge in [0.25, 0.3) is 5.91 Å². The zero-order valence-corrected chi connectivity index (χ0v) is 15.7. The van der Waals surface area contributed by atoms with Crippen LogP contribution in [0, 0.1) is 0 Å². The maximum absolute atomic E-state index is 12.3. The van der Waals surface area contributed by atoms with E-state index in [2.05, 4.69) is 39.4 Å². The summed E-state index contributed by atoms with van der Waals surface area (Å²) in [5.74, 6) is 1.45. The molecule has 1 aromatic heterocycles. The Morgan fingerprint density at radius 1 is 1.27 bits per heavy atom. The van der Waals surface area contributed by atoms with Gasteiger partial charge in [0, 0.05) is 22.5 Å². The largest absolute Gasteiger partial charge is 0.490 e. The Morgan fingerprint density at radius 3 is 2.96 bits per heavy atom. The van der Waals surface area contributed by atoms with E-state index in [1.165, 1.54) is 5.56 Å². The fourth-order valence-electron chi connectivity index (χ4n) is 3.02. The molecule has 2 aromatic carbocycles. The van der Waals surface area contributed by atoms with Crippen LogP contribution < -0.4 is 10.1 Å². The second kappa shape index (κ2) is 6.96. The lowest BCUT2D eigenvalue weighted by atomic mass is 10.1. The number of nitrogens with one attached hydrogen (secondary N) is 1. The molecule has 1 amide bonds. The van der Waals surface area contributed by atoms with Crippen LogP contribution in [0.5, 0.6) is 5.75 Å². The Labute approximate surface area is 159 Å². The van der Waals surface area contributed by atoms with E-state index in [1.807, 2.05) is 36.4 Å². The monoisotopic (exact) mass is 412 g/mol. The summed E-state index contributed by atoms with van der Waals surface area (Å²) < 4.78 is 11.9. The summed E-state index contributed by atoms with van der Waals surface area (Å²) in [6.07, 6.45) is 1.10. The Balaban J connectivity index is 1.45. The van der Waals surface area contributed by atoms with Crippen molar-refractivity contribution in [3.63, 3.8) is 0 Å². The van der Waals surface area contributed by atoms with E-state index in [0.29, 0.717) is 23.6 Å². The van der Waals surface area contributed by atoms with Gasteiger partial charge in [-0.05, 0) is 58.7 Å². The van der Waals surface area contributed by atoms with E-state index < -0.39 is 0 Å². The van der Waals surface area contributed by atoms with E-state index in [9.17, 15) is 4.79 Å². The van der Waals surface area contributed by atoms with Crippen molar-refractivity contribution in [2.75, 3.05) is 0 Å². The summed E-state index contributed by atoms with van der Waals surface area (Å²) in [4.78, 5) is 12.3. The molecular formula is C20H17BrN2O3. The highest BCUT2D eigenvalue weighted by atomic mass is 79.9. The predicted octanol–water partition coefficient (Wildman–Crippen LogP) is 4.36. The summed E-state index contributed by atoms with van der Waals surface area (Å²) >= 11 is 3.38. The van der Waals surface area contributed by atoms with Gasteiger partial charge < -0.3 is 14.6 Å². The first kappa shape index (κ1) is 16.8. The lowest BCUT2D eigenvalue weighted by Gasteiger charge is -2.04. The van der Waals surface area contributed by atoms with Gasteiger partial charge in [-0.1, -0.05) is 17.3 Å². The topological polar surface area (TPSA) is 64.4 Å². The SMILES string of the molecule is C[C@H]1Cc2cc(-c3cc(CNC(=O)c4ccccc4Br)no3)ccc2O1. The summed E-state index contributed by atoms with van der Waals surface area (Å²) in [5.41, 5.74) is 3.39. The molecule has 1 aliphatic rings. The van der Waals surface area contributed by atoms with Crippen LogP contribution in [0.2, 0.25) is 0 Å². The fraction of sp³-hybridized carbons (Fsp3) is 0.200. The molecule has 1 N–H and O–H groups in total. The van der Waals surface area contributed by atoms with Gasteiger partial charge in [-0.2, -0.15) is 0 Å². The molecule has 2 heterocycles. The van der Waals surface area contributed by atoms with E-state index in [4.69, 9.17) is 9.26 Å². The molecule has 0 radical (unpaired) electrons. The highest BCUT2D eigenvalue weighted by molar-refractivity contribution is 9.10. The van der Waals surface area contributed by atoms with E-state index >= 15 is 0 Å². The van der Waals surface area contributed by atoms with Gasteiger partial charge in [0.15, 0.2) is 5.76 Å². The number of rotatable bonds is 4. The zero-order valence-electron chi connectivity index (χ0n) is 14.2. The Hall–Kier alpha value is -2.60. The van der Waals surface area contributed by atoms with E-state index in [1.54, 1.807) is 6.07 Å². The molecular weight excluding hydrogens is 396 g/mol. The molecule has 0 unspecified atom stereocenters. The summed E-state index contributed by atoms with van der Waals surface area (Å²) in [6.45, 7) is 2.36. The number of carbonyl (C=O) groups is 1. The van der Waals surface area contributed by atoms with Gasteiger partial charge in [0.05, 0.1) is 12.1 Å². The number of hydrogen-bond acceptors (Lipinski definition) is 4. The highest BCUT2D eigenvalue weighted by Gasteiger charge is 2.20. The van der Waals surface area contributed by atoms with Crippen LogP contribution in [0.4, 0.5) is 0 Å². The molecule has 5 nitrogen and oxygen atoms in total. The molecule has 0 fully saturated rings. The Morgan fingerprint density at radius 2 is 2.12 bits per heavy atom. The molecule has 0 saturated carbocycles. The van der Waals surface area contributed by atoms with Crippen molar-refractivity contribution in [3.05, 3.63) is 69.8 Å². The Kier molecular flexibility index (Phi) is 4.51. The molecule has 0 aliphatic carbocycles. The number of hydrogen-bond donors (Lipinski definition) is 1. The minimum atomic E-state index is -0.161. The first-order chi connectivity index (χ1) is 12.6. The summed E-state index contributed by atoms with van der Waals surface area (Å²) in [6, 6.07) is 15.1. The minimum Gasteiger partial charge on any atom is -0.490 e. The van der Waals surface area contributed by atoms with Crippen LogP contribution in [-0.4, -0.2) is 17.2 Å². The molecule has 3 aromatic rings. The van der Waals surface area contributed by atoms with Crippen molar-refractivity contribution >= 4 is 21.8 Å². The molecule has 4 rings (SSSR count). The highest BCUT2D eigenvalue weighted by Crippen LogP contribution is 2.33. The van der Waals surface area contributed by atoms with Gasteiger partial charge in [-0.15, -0.1) is 0 Å². The number of amides is 1. The van der Waals surface area contributed by atoms with Gasteiger partial charge in [0.1, 0.15) is 17.5 Å². The van der Waals surface area contributed by atoms with Crippen LogP contribution >= 0.6 is 15.9 Å². The first-order valence-electron chi connectivity index (χ1n) is 8.38. The number of halogens is 1. The molecule has 6 heteroatoms. The van der Waals surface area contributed by atoms with Crippen LogP contribution in [0.15, 0.2) is 57.5 Å². The standard InChI is InChI=1S/C20H17BrN2O3/c1-12-8-14-9-13(6-7-18(14)25-12)19-10-15(23-26-19)11-22-20(24)16-4-2-3-5-17(16)21/h2-7,9-10,12H,8,11H2,1H3,(H,22,24)/t12-/m0/s1. The molecule has 1 atom stereocenters. The minimum absolute atomic E-state index is 0.161. The van der Waals surface area contributed by atoms with E-state index in [-0.39, 0.29) is 12.0 Å². The van der Waals surface area contributed by atoms with Gasteiger partial charge >= 0.3 is 0 Å². The number of nitrogens with zero attached hydrogens (tertiary/aromatic N) is 1. The average Bonchev–Trinajstić information content (AvgIpc) is 3.24. The van der Waals surface area contributed by atoms with Crippen LogP contribution in [0.25, 0.3) is 11.3 Å². The van der Waals surface area contributed by atoms with Crippen LogP contribution in [-0.2, 0) is 13.0 Å². The third kappa shape index (κ3) is 3.37. The molecule has 132 valence electrons. The number of carbonyl (C=O) groups excluding carboxylic acids is 1. The molecule has 1 aliphatic heterocycles. The third-order valence-electron chi connectivity index (χ3n) is 4.29. The lowest BCUT2D eigenvalue weighted by molar-refractivity contribution is 0.0949. The smallest absolute Gasteiger partial charge is 0.252 e. The predicted molar refractivity (Wildman–Crippen MR) is 101 cm³/mol. The number of benzene rings is 2. The zero-order chi connectivity index (χ0) is 18.1. The van der Waals surface area contributed by atoms with Crippen molar-refractivity contribution in [2.24, 2.45) is 0 Å². The molecule has 0 bridgehead atoms. The number of aromatic nitrogens is 1. The quantitative estimate of drug-likeness (QED) is 0.691. The van der Waals surface area contributed by atoms with E-state index in [0.717, 1.165) is 22.2 Å². The van der Waals surface area contributed by atoms with Crippen molar-refractivity contribution in [3.8, 4) is 17.1 Å². The number of ether oxygens (including phenoxy) is 1. The molecule has 0 spiro atoms. The molecule has 26 heavy (non-hydrogen) atoms. The third-order valence-corrected chi connectivity index (χ3v) is 4.98. The van der Waals surface area contributed by atoms with Crippen molar-refractivity contribution in [2.45, 2.75) is 26.0 Å². The van der Waals surface area contributed by atoms with Crippen LogP contribution in [0.3, 0.4) is 0 Å². The number of fused-ring (bicyclic) bond motifs is 1. The average molecular weight is 413 g/mol. The molecule has 0 saturated heterocycles. The first-order valence-corrected chi connectivity index (χ1v) is 9.18. The Bertz CT molecular complexity index is 967. The van der Waals surface area contributed by atoms with Crippen molar-refractivity contribution in [1.29, 1.82) is 0 Å². The van der Waals surface area contributed by atoms with Gasteiger partial charge in [-0.3, -0.25) is 4.79 Å². The normalized spacial score (nSPS) is 15.4. The summed E-state index contributed by atoms with van der Waals surface area (Å²) in [5, 5.41) is 6.91. The second-order valence-electron chi connectivity index (χ2n) is 6.30. The fourth-order valence-corrected chi connectivity index (χ4v) is 3.48. The van der Waals surface area contributed by atoms with Crippen LogP contribution in [0.1, 0.15) is 28.5 Å². The second-order valence-corrected chi connectivity index (χ2v) is 7.15. The lowest BCUT2D eigenvalue weighted by Crippen LogP contribution is -2.23. The van der Waals surface area contributed by atoms with Gasteiger partial charge in [0.2, 0.25) is 0 Å². The van der Waals surface area contributed by atoms with Gasteiger partial charge in [-0.25, -0.2) is 0 Å². The summed E-state index contributed by atoms with van der Waals surface area (Å²) in [7, 11) is 0. The van der Waals surface area contributed by atoms with Crippen molar-refractivity contribution < 1.29 is 14.1 Å². The maximum atomic E-state index is 12.3. The van der Waals surface area contributed by atoms with Crippen molar-refractivity contribution in [1.82, 2.24) is 10.5 Å².